The van der Waals surface area contributed by atoms with E-state index >= 15 is 0 Å². The van der Waals surface area contributed by atoms with Gasteiger partial charge in [0, 0.05) is 40.7 Å². The van der Waals surface area contributed by atoms with Crippen LogP contribution in [0.3, 0.4) is 0 Å². The number of nitrogens with zero attached hydrogens (tertiary/aromatic N) is 1. The molecule has 0 aliphatic heterocycles. The van der Waals surface area contributed by atoms with Gasteiger partial charge in [0.05, 0.1) is 0 Å². The van der Waals surface area contributed by atoms with Crippen LogP contribution in [-0.2, 0) is 13.1 Å². The van der Waals surface area contributed by atoms with Crippen LogP contribution in [0.15, 0.2) is 28.9 Å². The topological polar surface area (TPSA) is 17.0 Å². The largest absolute Gasteiger partial charge is 0.347 e. The fourth-order valence-corrected chi connectivity index (χ4v) is 3.26. The predicted molar refractivity (Wildman–Crippen MR) is 79.8 cm³/mol. The van der Waals surface area contributed by atoms with Gasteiger partial charge in [-0.15, -0.1) is 0 Å². The number of benzene rings is 1. The van der Waals surface area contributed by atoms with E-state index in [1.165, 1.54) is 40.2 Å². The molecule has 96 valence electrons. The zero-order chi connectivity index (χ0) is 12.5. The molecule has 1 fully saturated rings. The van der Waals surface area contributed by atoms with E-state index in [-0.39, 0.29) is 0 Å². The molecule has 0 amide bonds. The van der Waals surface area contributed by atoms with Gasteiger partial charge in [0.25, 0.3) is 0 Å². The number of hydrogen-bond acceptors (Lipinski definition) is 1. The van der Waals surface area contributed by atoms with Gasteiger partial charge in [-0.2, -0.15) is 0 Å². The normalized spacial score (nSPS) is 16.1. The van der Waals surface area contributed by atoms with Crippen molar-refractivity contribution >= 4 is 26.8 Å². The van der Waals surface area contributed by atoms with Crippen LogP contribution in [0.4, 0.5) is 0 Å². The number of fused-ring (bicyclic) bond motifs is 1. The summed E-state index contributed by atoms with van der Waals surface area (Å²) in [6.45, 7) is 4.21. The molecule has 0 unspecified atom stereocenters. The highest BCUT2D eigenvalue weighted by Gasteiger charge is 2.17. The lowest BCUT2D eigenvalue weighted by molar-refractivity contribution is 0.338. The average molecular weight is 307 g/mol. The fourth-order valence-electron chi connectivity index (χ4n) is 2.65. The Bertz CT molecular complexity index is 555. The first-order chi connectivity index (χ1) is 8.79. The van der Waals surface area contributed by atoms with E-state index in [1.54, 1.807) is 0 Å². The summed E-state index contributed by atoms with van der Waals surface area (Å²) in [6, 6.07) is 7.19. The molecule has 18 heavy (non-hydrogen) atoms. The first-order valence-electron chi connectivity index (χ1n) is 6.79. The van der Waals surface area contributed by atoms with Crippen LogP contribution >= 0.6 is 15.9 Å². The maximum Gasteiger partial charge on any atom is 0.0495 e. The highest BCUT2D eigenvalue weighted by Crippen LogP contribution is 2.29. The van der Waals surface area contributed by atoms with Gasteiger partial charge in [-0.3, -0.25) is 0 Å². The van der Waals surface area contributed by atoms with Crippen LogP contribution in [0, 0.1) is 0 Å². The predicted octanol–water partition coefficient (Wildman–Crippen LogP) is 4.07. The summed E-state index contributed by atoms with van der Waals surface area (Å²) in [7, 11) is 0. The van der Waals surface area contributed by atoms with Crippen molar-refractivity contribution < 1.29 is 0 Å². The minimum atomic E-state index is 0.743. The van der Waals surface area contributed by atoms with Gasteiger partial charge in [0.15, 0.2) is 0 Å². The van der Waals surface area contributed by atoms with Crippen LogP contribution in [-0.4, -0.2) is 10.6 Å². The van der Waals surface area contributed by atoms with Crippen LogP contribution in [0.2, 0.25) is 0 Å². The first-order valence-corrected chi connectivity index (χ1v) is 7.58. The summed E-state index contributed by atoms with van der Waals surface area (Å²) in [4.78, 5) is 0. The Labute approximate surface area is 116 Å². The molecule has 1 aliphatic rings. The minimum Gasteiger partial charge on any atom is -0.347 e. The number of rotatable bonds is 4. The molecule has 1 aromatic carbocycles. The second-order valence-electron chi connectivity index (χ2n) is 5.08. The molecule has 1 aliphatic carbocycles. The van der Waals surface area contributed by atoms with E-state index in [9.17, 15) is 0 Å². The Hall–Kier alpha value is -0.800. The third-order valence-corrected chi connectivity index (χ3v) is 4.62. The monoisotopic (exact) mass is 306 g/mol. The van der Waals surface area contributed by atoms with Crippen molar-refractivity contribution in [3.05, 3.63) is 34.4 Å². The van der Waals surface area contributed by atoms with Crippen molar-refractivity contribution in [1.82, 2.24) is 9.88 Å². The van der Waals surface area contributed by atoms with E-state index in [4.69, 9.17) is 0 Å². The molecule has 3 heteroatoms. The first kappa shape index (κ1) is 12.2. The molecule has 1 heterocycles. The zero-order valence-corrected chi connectivity index (χ0v) is 12.3. The number of hydrogen-bond donors (Lipinski definition) is 1. The Morgan fingerprint density at radius 1 is 1.39 bits per heavy atom. The molecule has 0 bridgehead atoms. The van der Waals surface area contributed by atoms with Crippen molar-refractivity contribution in [1.29, 1.82) is 0 Å². The number of nitrogens with one attached hydrogen (secondary N) is 1. The van der Waals surface area contributed by atoms with Crippen molar-refractivity contribution in [3.8, 4) is 0 Å². The molecular weight excluding hydrogens is 288 g/mol. The molecule has 0 spiro atoms. The lowest BCUT2D eigenvalue weighted by Gasteiger charge is -2.26. The van der Waals surface area contributed by atoms with Gasteiger partial charge in [-0.05, 0) is 37.5 Å². The molecule has 2 aromatic rings. The van der Waals surface area contributed by atoms with Crippen LogP contribution < -0.4 is 5.32 Å². The summed E-state index contributed by atoms with van der Waals surface area (Å²) in [5.41, 5.74) is 2.74. The second-order valence-corrected chi connectivity index (χ2v) is 5.94. The number of halogens is 1. The van der Waals surface area contributed by atoms with Gasteiger partial charge in [0.1, 0.15) is 0 Å². The SMILES string of the molecule is CCn1cc(CNC2CCC2)c2c(Br)cccc21. The van der Waals surface area contributed by atoms with Crippen LogP contribution in [0.5, 0.6) is 0 Å². The van der Waals surface area contributed by atoms with Crippen molar-refractivity contribution in [2.75, 3.05) is 0 Å². The Balaban J connectivity index is 1.94. The lowest BCUT2D eigenvalue weighted by Crippen LogP contribution is -2.34. The summed E-state index contributed by atoms with van der Waals surface area (Å²) < 4.78 is 3.54. The van der Waals surface area contributed by atoms with Gasteiger partial charge in [0.2, 0.25) is 0 Å². The molecule has 1 saturated carbocycles. The number of aromatic nitrogens is 1. The van der Waals surface area contributed by atoms with E-state index in [0.29, 0.717) is 0 Å². The zero-order valence-electron chi connectivity index (χ0n) is 10.7. The third-order valence-electron chi connectivity index (χ3n) is 3.96. The Morgan fingerprint density at radius 2 is 2.22 bits per heavy atom. The van der Waals surface area contributed by atoms with Gasteiger partial charge in [-0.1, -0.05) is 28.4 Å². The lowest BCUT2D eigenvalue weighted by atomic mass is 9.93. The maximum absolute atomic E-state index is 3.69. The third kappa shape index (κ3) is 2.10. The van der Waals surface area contributed by atoms with Gasteiger partial charge >= 0.3 is 0 Å². The molecule has 2 nitrogen and oxygen atoms in total. The molecule has 1 aromatic heterocycles. The Morgan fingerprint density at radius 3 is 2.89 bits per heavy atom. The summed E-state index contributed by atoms with van der Waals surface area (Å²) in [5, 5.41) is 5.02. The van der Waals surface area contributed by atoms with E-state index in [1.807, 2.05) is 0 Å². The van der Waals surface area contributed by atoms with Crippen molar-refractivity contribution in [3.63, 3.8) is 0 Å². The fraction of sp³-hybridized carbons (Fsp3) is 0.467. The van der Waals surface area contributed by atoms with Crippen molar-refractivity contribution in [2.24, 2.45) is 0 Å². The van der Waals surface area contributed by atoms with E-state index < -0.39 is 0 Å². The second kappa shape index (κ2) is 5.06. The van der Waals surface area contributed by atoms with E-state index in [2.05, 4.69) is 57.1 Å². The van der Waals surface area contributed by atoms with Crippen LogP contribution in [0.25, 0.3) is 10.9 Å². The summed E-state index contributed by atoms with van der Waals surface area (Å²) in [5.74, 6) is 0. The van der Waals surface area contributed by atoms with Crippen molar-refractivity contribution in [2.45, 2.75) is 45.3 Å². The average Bonchev–Trinajstić information content (AvgIpc) is 2.67. The quantitative estimate of drug-likeness (QED) is 0.901. The smallest absolute Gasteiger partial charge is 0.0495 e. The Kier molecular flexibility index (Phi) is 3.44. The summed E-state index contributed by atoms with van der Waals surface area (Å²) >= 11 is 3.69. The molecule has 1 N–H and O–H groups in total. The van der Waals surface area contributed by atoms with Gasteiger partial charge < -0.3 is 9.88 Å². The highest BCUT2D eigenvalue weighted by atomic mass is 79.9. The van der Waals surface area contributed by atoms with Gasteiger partial charge in [-0.25, -0.2) is 0 Å². The molecule has 0 saturated heterocycles. The minimum absolute atomic E-state index is 0.743. The molecule has 0 atom stereocenters. The van der Waals surface area contributed by atoms with E-state index in [0.717, 1.165) is 19.1 Å². The molecule has 3 rings (SSSR count). The van der Waals surface area contributed by atoms with Crippen LogP contribution in [0.1, 0.15) is 31.7 Å². The number of aryl methyl sites for hydroxylation is 1. The maximum atomic E-state index is 3.69. The standard InChI is InChI=1S/C15H19BrN2/c1-2-18-10-11(9-17-12-5-3-6-12)15-13(16)7-4-8-14(15)18/h4,7-8,10,12,17H,2-3,5-6,9H2,1H3. The molecule has 0 radical (unpaired) electrons. The highest BCUT2D eigenvalue weighted by molar-refractivity contribution is 9.10. The molecular formula is C15H19BrN2. The summed E-state index contributed by atoms with van der Waals surface area (Å²) in [6.07, 6.45) is 6.36.